The molecular formula is C11H10N4O5S. The fourth-order valence-electron chi connectivity index (χ4n) is 1.36. The minimum Gasteiger partial charge on any atom is -0.477 e. The van der Waals surface area contributed by atoms with Crippen LogP contribution in [0.15, 0.2) is 26.6 Å². The number of aryl methyl sites for hydroxylation is 1. The van der Waals surface area contributed by atoms with Gasteiger partial charge in [-0.15, -0.1) is 5.10 Å². The van der Waals surface area contributed by atoms with E-state index in [4.69, 9.17) is 9.52 Å². The molecule has 0 saturated carbocycles. The van der Waals surface area contributed by atoms with E-state index in [1.54, 1.807) is 0 Å². The van der Waals surface area contributed by atoms with Gasteiger partial charge in [-0.2, -0.15) is 0 Å². The second kappa shape index (κ2) is 6.22. The summed E-state index contributed by atoms with van der Waals surface area (Å²) in [5, 5.41) is 26.4. The van der Waals surface area contributed by atoms with Gasteiger partial charge in [0.05, 0.1) is 6.07 Å². The smallest absolute Gasteiger partial charge is 0.433 e. The second-order valence-corrected chi connectivity index (χ2v) is 4.78. The van der Waals surface area contributed by atoms with Crippen LogP contribution < -0.4 is 0 Å². The van der Waals surface area contributed by atoms with Crippen molar-refractivity contribution in [1.82, 2.24) is 15.2 Å². The Balaban J connectivity index is 2.23. The van der Waals surface area contributed by atoms with E-state index in [2.05, 4.69) is 15.2 Å². The molecule has 0 radical (unpaired) electrons. The van der Waals surface area contributed by atoms with E-state index in [1.165, 1.54) is 12.1 Å². The fraction of sp³-hybridized carbons (Fsp3) is 0.182. The standard InChI is InChI=1S/C11H10N4O5S/c1-2-8-12-11(14-13-8)21-7(10(16)17)5-6-3-4-9(20-6)15(18)19/h3-5H,2H2,1H3,(H,16,17)(H,12,13,14)/b7-5-. The predicted octanol–water partition coefficient (Wildman–Crippen LogP) is 2.09. The van der Waals surface area contributed by atoms with E-state index in [9.17, 15) is 14.9 Å². The molecule has 2 aromatic rings. The third-order valence-electron chi connectivity index (χ3n) is 2.32. The number of hydrogen-bond donors (Lipinski definition) is 2. The van der Waals surface area contributed by atoms with Crippen molar-refractivity contribution in [2.24, 2.45) is 0 Å². The zero-order valence-corrected chi connectivity index (χ0v) is 11.6. The highest BCUT2D eigenvalue weighted by Crippen LogP contribution is 2.27. The van der Waals surface area contributed by atoms with Crippen LogP contribution in [0.25, 0.3) is 6.08 Å². The average molecular weight is 310 g/mol. The summed E-state index contributed by atoms with van der Waals surface area (Å²) in [5.74, 6) is -0.960. The first-order valence-electron chi connectivity index (χ1n) is 5.78. The molecule has 0 aliphatic carbocycles. The van der Waals surface area contributed by atoms with Crippen molar-refractivity contribution < 1.29 is 19.2 Å². The molecular weight excluding hydrogens is 300 g/mol. The zero-order chi connectivity index (χ0) is 15.4. The van der Waals surface area contributed by atoms with Gasteiger partial charge in [-0.1, -0.05) is 6.92 Å². The van der Waals surface area contributed by atoms with Crippen LogP contribution in [0, 0.1) is 10.1 Å². The lowest BCUT2D eigenvalue weighted by molar-refractivity contribution is -0.402. The summed E-state index contributed by atoms with van der Waals surface area (Å²) >= 11 is 0.824. The van der Waals surface area contributed by atoms with Gasteiger partial charge < -0.3 is 9.52 Å². The quantitative estimate of drug-likeness (QED) is 0.358. The van der Waals surface area contributed by atoms with Crippen LogP contribution in [0.4, 0.5) is 5.88 Å². The predicted molar refractivity (Wildman–Crippen MR) is 72.6 cm³/mol. The number of rotatable bonds is 6. The van der Waals surface area contributed by atoms with Crippen molar-refractivity contribution >= 4 is 29.7 Å². The largest absolute Gasteiger partial charge is 0.477 e. The van der Waals surface area contributed by atoms with Crippen molar-refractivity contribution in [2.75, 3.05) is 0 Å². The van der Waals surface area contributed by atoms with E-state index >= 15 is 0 Å². The van der Waals surface area contributed by atoms with Crippen LogP contribution in [-0.2, 0) is 11.2 Å². The first-order chi connectivity index (χ1) is 9.99. The van der Waals surface area contributed by atoms with Crippen LogP contribution in [0.1, 0.15) is 18.5 Å². The molecule has 0 saturated heterocycles. The Morgan fingerprint density at radius 2 is 2.38 bits per heavy atom. The maximum Gasteiger partial charge on any atom is 0.433 e. The van der Waals surface area contributed by atoms with Crippen LogP contribution in [0.2, 0.25) is 0 Å². The molecule has 21 heavy (non-hydrogen) atoms. The van der Waals surface area contributed by atoms with Gasteiger partial charge in [0, 0.05) is 12.5 Å². The number of aliphatic carboxylic acids is 1. The normalized spacial score (nSPS) is 11.6. The Morgan fingerprint density at radius 3 is 2.90 bits per heavy atom. The van der Waals surface area contributed by atoms with E-state index in [1.807, 2.05) is 6.92 Å². The molecule has 2 N–H and O–H groups in total. The lowest BCUT2D eigenvalue weighted by Gasteiger charge is -1.96. The van der Waals surface area contributed by atoms with E-state index in [-0.39, 0.29) is 15.8 Å². The van der Waals surface area contributed by atoms with E-state index in [0.29, 0.717) is 12.2 Å². The number of nitro groups is 1. The molecule has 0 atom stereocenters. The topological polar surface area (TPSA) is 135 Å². The summed E-state index contributed by atoms with van der Waals surface area (Å²) in [5.41, 5.74) is 0. The number of carboxylic acids is 1. The minimum absolute atomic E-state index is 0.0675. The third kappa shape index (κ3) is 3.69. The van der Waals surface area contributed by atoms with Gasteiger partial charge in [0.15, 0.2) is 0 Å². The van der Waals surface area contributed by atoms with Crippen molar-refractivity contribution in [1.29, 1.82) is 0 Å². The monoisotopic (exact) mass is 310 g/mol. The fourth-order valence-corrected chi connectivity index (χ4v) is 2.07. The molecule has 0 unspecified atom stereocenters. The molecule has 2 aromatic heterocycles. The van der Waals surface area contributed by atoms with Crippen molar-refractivity contribution in [3.63, 3.8) is 0 Å². The number of furan rings is 1. The highest BCUT2D eigenvalue weighted by Gasteiger charge is 2.16. The molecule has 0 fully saturated rings. The Labute approximate surface area is 122 Å². The molecule has 2 rings (SSSR count). The van der Waals surface area contributed by atoms with Gasteiger partial charge >= 0.3 is 11.9 Å². The number of thioether (sulfide) groups is 1. The molecule has 0 aliphatic rings. The third-order valence-corrected chi connectivity index (χ3v) is 3.20. The maximum atomic E-state index is 11.2. The number of carbonyl (C=O) groups is 1. The molecule has 0 amide bonds. The lowest BCUT2D eigenvalue weighted by atomic mass is 10.4. The molecule has 0 spiro atoms. The molecule has 10 heteroatoms. The van der Waals surface area contributed by atoms with Crippen molar-refractivity contribution in [3.8, 4) is 0 Å². The summed E-state index contributed by atoms with van der Waals surface area (Å²) in [6.45, 7) is 1.88. The van der Waals surface area contributed by atoms with Gasteiger partial charge in [-0.05, 0) is 17.8 Å². The van der Waals surface area contributed by atoms with E-state index < -0.39 is 16.8 Å². The molecule has 110 valence electrons. The zero-order valence-electron chi connectivity index (χ0n) is 10.8. The van der Waals surface area contributed by atoms with Gasteiger partial charge in [0.2, 0.25) is 5.16 Å². The van der Waals surface area contributed by atoms with Gasteiger partial charge in [-0.25, -0.2) is 9.78 Å². The highest BCUT2D eigenvalue weighted by atomic mass is 32.2. The van der Waals surface area contributed by atoms with Gasteiger partial charge in [0.1, 0.15) is 21.4 Å². The molecule has 0 aromatic carbocycles. The molecule has 0 bridgehead atoms. The summed E-state index contributed by atoms with van der Waals surface area (Å²) in [6, 6.07) is 2.47. The average Bonchev–Trinajstić information content (AvgIpc) is 3.06. The van der Waals surface area contributed by atoms with Crippen molar-refractivity contribution in [2.45, 2.75) is 18.5 Å². The van der Waals surface area contributed by atoms with Crippen LogP contribution >= 0.6 is 11.8 Å². The number of H-pyrrole nitrogens is 1. The SMILES string of the molecule is CCc1nc(S/C(=C\c2ccc([N+](=O)[O-])o2)C(=O)O)n[nH]1. The summed E-state index contributed by atoms with van der Waals surface area (Å²) < 4.78 is 4.89. The summed E-state index contributed by atoms with van der Waals surface area (Å²) in [4.78, 5) is 25.0. The van der Waals surface area contributed by atoms with Gasteiger partial charge in [-0.3, -0.25) is 15.2 Å². The number of nitrogens with zero attached hydrogens (tertiary/aromatic N) is 3. The van der Waals surface area contributed by atoms with Crippen LogP contribution in [0.3, 0.4) is 0 Å². The summed E-state index contributed by atoms with van der Waals surface area (Å²) in [6.07, 6.45) is 1.83. The van der Waals surface area contributed by atoms with Crippen molar-refractivity contribution in [3.05, 3.63) is 38.7 Å². The summed E-state index contributed by atoms with van der Waals surface area (Å²) in [7, 11) is 0. The number of aromatic nitrogens is 3. The number of nitrogens with one attached hydrogen (secondary N) is 1. The second-order valence-electron chi connectivity index (χ2n) is 3.77. The molecule has 2 heterocycles. The Bertz CT molecular complexity index is 705. The molecule has 0 aliphatic heterocycles. The van der Waals surface area contributed by atoms with Crippen LogP contribution in [-0.4, -0.2) is 31.2 Å². The van der Waals surface area contributed by atoms with E-state index in [0.717, 1.165) is 17.8 Å². The highest BCUT2D eigenvalue weighted by molar-refractivity contribution is 8.04. The number of carboxylic acid groups (broad SMARTS) is 1. The Morgan fingerprint density at radius 1 is 1.62 bits per heavy atom. The molecule has 9 nitrogen and oxygen atoms in total. The minimum atomic E-state index is -1.21. The number of hydrogen-bond acceptors (Lipinski definition) is 7. The number of aromatic amines is 1. The first kappa shape index (κ1) is 14.8. The van der Waals surface area contributed by atoms with Crippen LogP contribution in [0.5, 0.6) is 0 Å². The lowest BCUT2D eigenvalue weighted by Crippen LogP contribution is -1.97. The Kier molecular flexibility index (Phi) is 4.38. The first-order valence-corrected chi connectivity index (χ1v) is 6.59. The maximum absolute atomic E-state index is 11.2. The van der Waals surface area contributed by atoms with Gasteiger partial charge in [0.25, 0.3) is 0 Å². The Hall–Kier alpha value is -2.62.